The van der Waals surface area contributed by atoms with Crippen molar-refractivity contribution in [2.45, 2.75) is 52.1 Å². The predicted molar refractivity (Wildman–Crippen MR) is 71.9 cm³/mol. The summed E-state index contributed by atoms with van der Waals surface area (Å²) >= 11 is 0. The number of hydrogen-bond donors (Lipinski definition) is 2. The van der Waals surface area contributed by atoms with Gasteiger partial charge in [0.15, 0.2) is 5.79 Å². The summed E-state index contributed by atoms with van der Waals surface area (Å²) in [5.74, 6) is -1.76. The fourth-order valence-electron chi connectivity index (χ4n) is 1.60. The van der Waals surface area contributed by atoms with E-state index in [2.05, 4.69) is 0 Å². The van der Waals surface area contributed by atoms with Gasteiger partial charge in [0.1, 0.15) is 0 Å². The number of benzene rings is 1. The fourth-order valence-corrected chi connectivity index (χ4v) is 1.60. The average molecular weight is 252 g/mol. The molecule has 0 saturated heterocycles. The van der Waals surface area contributed by atoms with E-state index in [-0.39, 0.29) is 12.0 Å². The molecule has 1 aromatic carbocycles. The number of ether oxygens (including phenoxy) is 1. The van der Waals surface area contributed by atoms with Crippen LogP contribution in [-0.2, 0) is 11.3 Å². The summed E-state index contributed by atoms with van der Waals surface area (Å²) in [5, 5.41) is 19.5. The van der Waals surface area contributed by atoms with Crippen LogP contribution in [-0.4, -0.2) is 22.1 Å². The molecule has 3 nitrogen and oxygen atoms in total. The number of aliphatic hydroxyl groups is 2. The zero-order chi connectivity index (χ0) is 13.6. The molecular weight excluding hydrogens is 228 g/mol. The van der Waals surface area contributed by atoms with Gasteiger partial charge in [0.25, 0.3) is 0 Å². The molecule has 1 unspecified atom stereocenters. The van der Waals surface area contributed by atoms with Crippen LogP contribution in [0.2, 0.25) is 0 Å². The Morgan fingerprint density at radius 1 is 1.11 bits per heavy atom. The van der Waals surface area contributed by atoms with Crippen LogP contribution < -0.4 is 0 Å². The van der Waals surface area contributed by atoms with Crippen molar-refractivity contribution in [1.82, 2.24) is 0 Å². The molecule has 0 radical (unpaired) electrons. The SMILES string of the molecule is CC(CCC(O)(O)C(C)C)OCc1ccccc1. The molecule has 0 saturated carbocycles. The minimum absolute atomic E-state index is 0.0163. The van der Waals surface area contributed by atoms with Gasteiger partial charge in [-0.25, -0.2) is 0 Å². The van der Waals surface area contributed by atoms with Crippen molar-refractivity contribution in [3.63, 3.8) is 0 Å². The van der Waals surface area contributed by atoms with Crippen molar-refractivity contribution in [2.24, 2.45) is 5.92 Å². The second kappa shape index (κ2) is 6.88. The van der Waals surface area contributed by atoms with Crippen molar-refractivity contribution in [3.05, 3.63) is 35.9 Å². The van der Waals surface area contributed by atoms with E-state index >= 15 is 0 Å². The number of hydrogen-bond acceptors (Lipinski definition) is 3. The molecule has 0 bridgehead atoms. The van der Waals surface area contributed by atoms with Crippen LogP contribution in [0.3, 0.4) is 0 Å². The lowest BCUT2D eigenvalue weighted by Crippen LogP contribution is -2.35. The van der Waals surface area contributed by atoms with Crippen LogP contribution in [0.5, 0.6) is 0 Å². The first kappa shape index (κ1) is 15.2. The molecule has 0 aliphatic carbocycles. The highest BCUT2D eigenvalue weighted by atomic mass is 16.5. The van der Waals surface area contributed by atoms with Crippen LogP contribution in [0.4, 0.5) is 0 Å². The third-order valence-corrected chi connectivity index (χ3v) is 3.22. The largest absolute Gasteiger partial charge is 0.374 e. The molecule has 18 heavy (non-hydrogen) atoms. The molecule has 1 aromatic rings. The van der Waals surface area contributed by atoms with Gasteiger partial charge < -0.3 is 14.9 Å². The molecule has 0 aromatic heterocycles. The summed E-state index contributed by atoms with van der Waals surface area (Å²) < 4.78 is 5.68. The fraction of sp³-hybridized carbons (Fsp3) is 0.600. The second-order valence-corrected chi connectivity index (χ2v) is 5.18. The maximum absolute atomic E-state index is 9.73. The van der Waals surface area contributed by atoms with Crippen molar-refractivity contribution < 1.29 is 14.9 Å². The first-order valence-electron chi connectivity index (χ1n) is 6.52. The van der Waals surface area contributed by atoms with Gasteiger partial charge in [0, 0.05) is 12.3 Å². The van der Waals surface area contributed by atoms with E-state index in [0.717, 1.165) is 5.56 Å². The summed E-state index contributed by atoms with van der Waals surface area (Å²) in [6.07, 6.45) is 0.987. The lowest BCUT2D eigenvalue weighted by atomic mass is 9.97. The van der Waals surface area contributed by atoms with E-state index in [0.29, 0.717) is 19.4 Å². The predicted octanol–water partition coefficient (Wildman–Crippen LogP) is 2.71. The van der Waals surface area contributed by atoms with E-state index in [1.54, 1.807) is 13.8 Å². The molecule has 2 N–H and O–H groups in total. The van der Waals surface area contributed by atoms with E-state index < -0.39 is 5.79 Å². The quantitative estimate of drug-likeness (QED) is 0.734. The third-order valence-electron chi connectivity index (χ3n) is 3.22. The molecule has 0 fully saturated rings. The summed E-state index contributed by atoms with van der Waals surface area (Å²) in [5.41, 5.74) is 1.13. The Morgan fingerprint density at radius 2 is 1.72 bits per heavy atom. The second-order valence-electron chi connectivity index (χ2n) is 5.18. The van der Waals surface area contributed by atoms with Crippen LogP contribution in [0, 0.1) is 5.92 Å². The zero-order valence-corrected chi connectivity index (χ0v) is 11.5. The number of rotatable bonds is 7. The van der Waals surface area contributed by atoms with Gasteiger partial charge in [0.2, 0.25) is 0 Å². The van der Waals surface area contributed by atoms with Gasteiger partial charge in [-0.2, -0.15) is 0 Å². The average Bonchev–Trinajstić information content (AvgIpc) is 2.35. The van der Waals surface area contributed by atoms with Crippen LogP contribution in [0.25, 0.3) is 0 Å². The Morgan fingerprint density at radius 3 is 2.28 bits per heavy atom. The Hall–Kier alpha value is -0.900. The van der Waals surface area contributed by atoms with Crippen molar-refractivity contribution in [1.29, 1.82) is 0 Å². The molecule has 102 valence electrons. The first-order valence-corrected chi connectivity index (χ1v) is 6.52. The summed E-state index contributed by atoms with van der Waals surface area (Å²) in [6, 6.07) is 9.97. The van der Waals surface area contributed by atoms with Gasteiger partial charge in [-0.3, -0.25) is 0 Å². The minimum atomic E-state index is -1.59. The summed E-state index contributed by atoms with van der Waals surface area (Å²) in [7, 11) is 0. The standard InChI is InChI=1S/C15H24O3/c1-12(2)15(16,17)10-9-13(3)18-11-14-7-5-4-6-8-14/h4-8,12-13,16-17H,9-11H2,1-3H3. The van der Waals surface area contributed by atoms with E-state index in [9.17, 15) is 10.2 Å². The van der Waals surface area contributed by atoms with Crippen LogP contribution in [0.1, 0.15) is 39.2 Å². The minimum Gasteiger partial charge on any atom is -0.374 e. The monoisotopic (exact) mass is 252 g/mol. The van der Waals surface area contributed by atoms with Crippen LogP contribution >= 0.6 is 0 Å². The summed E-state index contributed by atoms with van der Waals surface area (Å²) in [4.78, 5) is 0. The molecule has 0 aliphatic heterocycles. The first-order chi connectivity index (χ1) is 8.42. The lowest BCUT2D eigenvalue weighted by molar-refractivity contribution is -0.200. The Balaban J connectivity index is 2.28. The van der Waals surface area contributed by atoms with E-state index in [1.807, 2.05) is 37.3 Å². The topological polar surface area (TPSA) is 49.7 Å². The summed E-state index contributed by atoms with van der Waals surface area (Å²) in [6.45, 7) is 6.12. The molecule has 0 heterocycles. The molecule has 3 heteroatoms. The Labute approximate surface area is 109 Å². The molecule has 0 aliphatic rings. The highest BCUT2D eigenvalue weighted by molar-refractivity contribution is 5.13. The molecular formula is C15H24O3. The van der Waals surface area contributed by atoms with Gasteiger partial charge in [-0.15, -0.1) is 0 Å². The van der Waals surface area contributed by atoms with Gasteiger partial charge in [-0.1, -0.05) is 44.2 Å². The van der Waals surface area contributed by atoms with E-state index in [4.69, 9.17) is 4.74 Å². The van der Waals surface area contributed by atoms with Crippen LogP contribution in [0.15, 0.2) is 30.3 Å². The molecule has 0 amide bonds. The molecule has 1 atom stereocenters. The normalized spacial score (nSPS) is 13.9. The zero-order valence-electron chi connectivity index (χ0n) is 11.5. The molecule has 0 spiro atoms. The smallest absolute Gasteiger partial charge is 0.164 e. The Kier molecular flexibility index (Phi) is 5.79. The van der Waals surface area contributed by atoms with Crippen molar-refractivity contribution >= 4 is 0 Å². The van der Waals surface area contributed by atoms with Crippen molar-refractivity contribution in [2.75, 3.05) is 0 Å². The lowest BCUT2D eigenvalue weighted by Gasteiger charge is -2.27. The van der Waals surface area contributed by atoms with Gasteiger partial charge >= 0.3 is 0 Å². The highest BCUT2D eigenvalue weighted by Crippen LogP contribution is 2.21. The van der Waals surface area contributed by atoms with Gasteiger partial charge in [0.05, 0.1) is 12.7 Å². The third kappa shape index (κ3) is 5.17. The molecule has 1 rings (SSSR count). The highest BCUT2D eigenvalue weighted by Gasteiger charge is 2.27. The van der Waals surface area contributed by atoms with Gasteiger partial charge in [-0.05, 0) is 18.9 Å². The maximum Gasteiger partial charge on any atom is 0.164 e. The maximum atomic E-state index is 9.73. The van der Waals surface area contributed by atoms with E-state index in [1.165, 1.54) is 0 Å². The van der Waals surface area contributed by atoms with Crippen molar-refractivity contribution in [3.8, 4) is 0 Å². The Bertz CT molecular complexity index is 333.